The van der Waals surface area contributed by atoms with Crippen molar-refractivity contribution in [2.24, 2.45) is 0 Å². The number of nitriles is 1. The molecule has 0 bridgehead atoms. The van der Waals surface area contributed by atoms with Gasteiger partial charge in [0.15, 0.2) is 0 Å². The van der Waals surface area contributed by atoms with Crippen LogP contribution in [-0.2, 0) is 17.6 Å². The van der Waals surface area contributed by atoms with Gasteiger partial charge in [0.05, 0.1) is 17.0 Å². The lowest BCUT2D eigenvalue weighted by molar-refractivity contribution is -0.113. The first-order valence-corrected chi connectivity index (χ1v) is 9.24. The van der Waals surface area contributed by atoms with E-state index in [4.69, 9.17) is 11.6 Å². The minimum atomic E-state index is -0.549. The Morgan fingerprint density at radius 3 is 2.96 bits per heavy atom. The maximum Gasteiger partial charge on any atom is 0.234 e. The molecule has 1 N–H and O–H groups in total. The van der Waals surface area contributed by atoms with E-state index < -0.39 is 5.82 Å². The highest BCUT2D eigenvalue weighted by Gasteiger charge is 2.16. The molecular weight excluding hydrogens is 361 g/mol. The number of benzene rings is 1. The molecular formula is C18H15ClFN3OS. The Morgan fingerprint density at radius 2 is 2.16 bits per heavy atom. The lowest BCUT2D eigenvalue weighted by Gasteiger charge is -2.16. The molecule has 0 spiro atoms. The van der Waals surface area contributed by atoms with E-state index in [2.05, 4.69) is 16.4 Å². The third-order valence-electron chi connectivity index (χ3n) is 3.93. The first kappa shape index (κ1) is 17.7. The smallest absolute Gasteiger partial charge is 0.234 e. The normalized spacial score (nSPS) is 13.0. The number of nitrogens with zero attached hydrogens (tertiary/aromatic N) is 2. The van der Waals surface area contributed by atoms with Gasteiger partial charge in [0, 0.05) is 10.7 Å². The van der Waals surface area contributed by atoms with E-state index in [-0.39, 0.29) is 17.3 Å². The average molecular weight is 376 g/mol. The minimum absolute atomic E-state index is 0.0341. The molecule has 1 aliphatic carbocycles. The third-order valence-corrected chi connectivity index (χ3v) is 5.16. The van der Waals surface area contributed by atoms with Crippen LogP contribution in [-0.4, -0.2) is 16.6 Å². The molecule has 25 heavy (non-hydrogen) atoms. The molecule has 1 aromatic heterocycles. The molecule has 0 fully saturated rings. The van der Waals surface area contributed by atoms with Gasteiger partial charge in [0.1, 0.15) is 16.9 Å². The van der Waals surface area contributed by atoms with Crippen molar-refractivity contribution in [3.8, 4) is 6.07 Å². The predicted octanol–water partition coefficient (Wildman–Crippen LogP) is 4.36. The van der Waals surface area contributed by atoms with E-state index in [9.17, 15) is 14.4 Å². The summed E-state index contributed by atoms with van der Waals surface area (Å²) in [7, 11) is 0. The van der Waals surface area contributed by atoms with E-state index in [1.165, 1.54) is 30.0 Å². The zero-order valence-electron chi connectivity index (χ0n) is 13.3. The van der Waals surface area contributed by atoms with Crippen LogP contribution in [0.25, 0.3) is 0 Å². The summed E-state index contributed by atoms with van der Waals surface area (Å²) in [4.78, 5) is 16.6. The summed E-state index contributed by atoms with van der Waals surface area (Å²) in [5.41, 5.74) is 2.65. The van der Waals surface area contributed by atoms with Gasteiger partial charge in [0.2, 0.25) is 5.91 Å². The van der Waals surface area contributed by atoms with Gasteiger partial charge in [-0.05, 0) is 55.5 Å². The summed E-state index contributed by atoms with van der Waals surface area (Å²) >= 11 is 6.99. The monoisotopic (exact) mass is 375 g/mol. The number of rotatable bonds is 4. The summed E-state index contributed by atoms with van der Waals surface area (Å²) < 4.78 is 13.7. The highest BCUT2D eigenvalue weighted by atomic mass is 35.5. The summed E-state index contributed by atoms with van der Waals surface area (Å²) in [6, 6.07) is 7.99. The summed E-state index contributed by atoms with van der Waals surface area (Å²) in [6.45, 7) is 0. The van der Waals surface area contributed by atoms with E-state index in [1.807, 2.05) is 6.07 Å². The van der Waals surface area contributed by atoms with Crippen LogP contribution in [0.15, 0.2) is 29.3 Å². The van der Waals surface area contributed by atoms with Gasteiger partial charge in [-0.25, -0.2) is 9.37 Å². The fraction of sp³-hybridized carbons (Fsp3) is 0.278. The second kappa shape index (κ2) is 7.85. The molecule has 0 unspecified atom stereocenters. The van der Waals surface area contributed by atoms with Crippen LogP contribution in [0.3, 0.4) is 0 Å². The summed E-state index contributed by atoms with van der Waals surface area (Å²) in [6.07, 6.45) is 4.04. The number of carbonyl (C=O) groups excluding carboxylic acids is 1. The van der Waals surface area contributed by atoms with Crippen LogP contribution in [0.5, 0.6) is 0 Å². The van der Waals surface area contributed by atoms with Crippen molar-refractivity contribution in [1.29, 1.82) is 5.26 Å². The van der Waals surface area contributed by atoms with Crippen molar-refractivity contribution < 1.29 is 9.18 Å². The zero-order chi connectivity index (χ0) is 17.8. The number of halogens is 2. The molecule has 1 heterocycles. The molecule has 0 radical (unpaired) electrons. The number of aromatic nitrogens is 1. The summed E-state index contributed by atoms with van der Waals surface area (Å²) in [5.74, 6) is -0.895. The summed E-state index contributed by atoms with van der Waals surface area (Å²) in [5, 5.41) is 12.7. The number of pyridine rings is 1. The molecule has 0 saturated carbocycles. The first-order chi connectivity index (χ1) is 12.1. The predicted molar refractivity (Wildman–Crippen MR) is 96.4 cm³/mol. The molecule has 4 nitrogen and oxygen atoms in total. The molecule has 0 atom stereocenters. The van der Waals surface area contributed by atoms with Crippen LogP contribution in [0.4, 0.5) is 10.1 Å². The molecule has 1 aliphatic rings. The molecule has 1 aromatic carbocycles. The minimum Gasteiger partial charge on any atom is -0.323 e. The number of carbonyl (C=O) groups is 1. The molecule has 128 valence electrons. The number of aryl methyl sites for hydroxylation is 2. The molecule has 0 saturated heterocycles. The number of hydrogen-bond acceptors (Lipinski definition) is 4. The Kier molecular flexibility index (Phi) is 5.57. The lowest BCUT2D eigenvalue weighted by Crippen LogP contribution is -2.15. The zero-order valence-corrected chi connectivity index (χ0v) is 14.9. The SMILES string of the molecule is N#Cc1cc2c(nc1SCC(=O)Nc1cc(Cl)ccc1F)CCCC2. The van der Waals surface area contributed by atoms with E-state index in [1.54, 1.807) is 0 Å². The van der Waals surface area contributed by atoms with Gasteiger partial charge in [-0.3, -0.25) is 4.79 Å². The van der Waals surface area contributed by atoms with Crippen molar-refractivity contribution in [1.82, 2.24) is 4.98 Å². The second-order valence-electron chi connectivity index (χ2n) is 5.73. The van der Waals surface area contributed by atoms with Crippen LogP contribution in [0.2, 0.25) is 5.02 Å². The first-order valence-electron chi connectivity index (χ1n) is 7.87. The highest BCUT2D eigenvalue weighted by molar-refractivity contribution is 8.00. The second-order valence-corrected chi connectivity index (χ2v) is 7.13. The number of anilines is 1. The maximum absolute atomic E-state index is 13.7. The van der Waals surface area contributed by atoms with Crippen LogP contribution in [0, 0.1) is 17.1 Å². The van der Waals surface area contributed by atoms with Gasteiger partial charge < -0.3 is 5.32 Å². The Balaban J connectivity index is 1.70. The average Bonchev–Trinajstić information content (AvgIpc) is 2.62. The topological polar surface area (TPSA) is 65.8 Å². The number of thioether (sulfide) groups is 1. The largest absolute Gasteiger partial charge is 0.323 e. The van der Waals surface area contributed by atoms with Gasteiger partial charge in [-0.1, -0.05) is 23.4 Å². The fourth-order valence-electron chi connectivity index (χ4n) is 2.72. The Hall–Kier alpha value is -2.10. The molecule has 7 heteroatoms. The van der Waals surface area contributed by atoms with E-state index >= 15 is 0 Å². The number of nitrogens with one attached hydrogen (secondary N) is 1. The number of amides is 1. The van der Waals surface area contributed by atoms with E-state index in [0.717, 1.165) is 36.9 Å². The Bertz CT molecular complexity index is 866. The van der Waals surface area contributed by atoms with Gasteiger partial charge in [0.25, 0.3) is 0 Å². The quantitative estimate of drug-likeness (QED) is 0.806. The Morgan fingerprint density at radius 1 is 1.36 bits per heavy atom. The van der Waals surface area contributed by atoms with Gasteiger partial charge in [-0.2, -0.15) is 5.26 Å². The third kappa shape index (κ3) is 4.30. The van der Waals surface area contributed by atoms with E-state index in [0.29, 0.717) is 15.6 Å². The Labute approximate surface area is 154 Å². The van der Waals surface area contributed by atoms with Crippen molar-refractivity contribution in [3.63, 3.8) is 0 Å². The molecule has 0 aliphatic heterocycles. The number of fused-ring (bicyclic) bond motifs is 1. The standard InChI is InChI=1S/C18H15ClFN3OS/c19-13-5-6-14(20)16(8-13)22-17(24)10-25-18-12(9-21)7-11-3-1-2-4-15(11)23-18/h5-8H,1-4,10H2,(H,22,24). The highest BCUT2D eigenvalue weighted by Crippen LogP contribution is 2.27. The lowest BCUT2D eigenvalue weighted by atomic mass is 9.95. The van der Waals surface area contributed by atoms with Crippen molar-refractivity contribution in [3.05, 3.63) is 51.9 Å². The maximum atomic E-state index is 13.7. The van der Waals surface area contributed by atoms with Crippen molar-refractivity contribution >= 4 is 35.0 Å². The van der Waals surface area contributed by atoms with Crippen molar-refractivity contribution in [2.75, 3.05) is 11.1 Å². The van der Waals surface area contributed by atoms with Crippen LogP contribution >= 0.6 is 23.4 Å². The molecule has 2 aromatic rings. The van der Waals surface area contributed by atoms with Gasteiger partial charge >= 0.3 is 0 Å². The van der Waals surface area contributed by atoms with Crippen LogP contribution < -0.4 is 5.32 Å². The molecule has 1 amide bonds. The molecule has 3 rings (SSSR count). The van der Waals surface area contributed by atoms with Crippen LogP contribution in [0.1, 0.15) is 29.7 Å². The fourth-order valence-corrected chi connectivity index (χ4v) is 3.67. The van der Waals surface area contributed by atoms with Crippen molar-refractivity contribution in [2.45, 2.75) is 30.7 Å². The van der Waals surface area contributed by atoms with Gasteiger partial charge in [-0.15, -0.1) is 0 Å². The number of hydrogen-bond donors (Lipinski definition) is 1.